The van der Waals surface area contributed by atoms with Gasteiger partial charge in [-0.2, -0.15) is 0 Å². The fourth-order valence-electron chi connectivity index (χ4n) is 1.87. The molecule has 2 rings (SSSR count). The van der Waals surface area contributed by atoms with Crippen LogP contribution in [-0.2, 0) is 0 Å². The van der Waals surface area contributed by atoms with Crippen LogP contribution in [0.15, 0.2) is 35.9 Å². The number of ketones is 1. The Bertz CT molecular complexity index is 420. The van der Waals surface area contributed by atoms with Gasteiger partial charge in [-0.3, -0.25) is 4.79 Å². The summed E-state index contributed by atoms with van der Waals surface area (Å²) in [7, 11) is 0. The number of aliphatic hydroxyl groups excluding tert-OH is 1. The minimum Gasteiger partial charge on any atom is -0.388 e. The van der Waals surface area contributed by atoms with Gasteiger partial charge in [-0.1, -0.05) is 6.08 Å². The van der Waals surface area contributed by atoms with Gasteiger partial charge >= 0.3 is 0 Å². The zero-order valence-electron chi connectivity index (χ0n) is 8.82. The number of allylic oxidation sites excluding steroid dienone is 1. The molecule has 0 aromatic heterocycles. The molecule has 1 N–H and O–H groups in total. The fourth-order valence-corrected chi connectivity index (χ4v) is 1.87. The summed E-state index contributed by atoms with van der Waals surface area (Å²) in [5.41, 5.74) is 0.867. The zero-order chi connectivity index (χ0) is 11.5. The van der Waals surface area contributed by atoms with Gasteiger partial charge in [0.25, 0.3) is 0 Å². The van der Waals surface area contributed by atoms with Crippen LogP contribution in [0.1, 0.15) is 29.6 Å². The third-order valence-electron chi connectivity index (χ3n) is 2.77. The lowest BCUT2D eigenvalue weighted by atomic mass is 9.91. The lowest BCUT2D eigenvalue weighted by Gasteiger charge is -2.18. The van der Waals surface area contributed by atoms with Crippen LogP contribution in [-0.4, -0.2) is 17.0 Å². The molecule has 0 spiro atoms. The van der Waals surface area contributed by atoms with Crippen molar-refractivity contribution < 1.29 is 14.3 Å². The smallest absolute Gasteiger partial charge is 0.191 e. The Morgan fingerprint density at radius 3 is 2.62 bits per heavy atom. The van der Waals surface area contributed by atoms with E-state index in [2.05, 4.69) is 0 Å². The molecule has 0 saturated heterocycles. The Balaban J connectivity index is 2.24. The lowest BCUT2D eigenvalue weighted by molar-refractivity contribution is 0.0975. The number of halogens is 1. The number of hydrogen-bond donors (Lipinski definition) is 1. The van der Waals surface area contributed by atoms with E-state index >= 15 is 0 Å². The van der Waals surface area contributed by atoms with E-state index in [4.69, 9.17) is 0 Å². The first-order valence-corrected chi connectivity index (χ1v) is 5.37. The van der Waals surface area contributed by atoms with Crippen molar-refractivity contribution in [3.05, 3.63) is 47.3 Å². The largest absolute Gasteiger partial charge is 0.388 e. The maximum Gasteiger partial charge on any atom is 0.191 e. The molecule has 0 fully saturated rings. The Labute approximate surface area is 93.4 Å². The van der Waals surface area contributed by atoms with Crippen LogP contribution in [0.2, 0.25) is 0 Å². The summed E-state index contributed by atoms with van der Waals surface area (Å²) in [6.07, 6.45) is 3.45. The van der Waals surface area contributed by atoms with E-state index in [1.165, 1.54) is 24.3 Å². The topological polar surface area (TPSA) is 37.3 Å². The van der Waals surface area contributed by atoms with Gasteiger partial charge in [0.15, 0.2) is 5.78 Å². The number of hydrogen-bond acceptors (Lipinski definition) is 2. The maximum atomic E-state index is 12.7. The molecule has 3 heteroatoms. The molecule has 1 aliphatic carbocycles. The van der Waals surface area contributed by atoms with Crippen molar-refractivity contribution in [1.29, 1.82) is 0 Å². The second-order valence-corrected chi connectivity index (χ2v) is 3.94. The third kappa shape index (κ3) is 2.19. The van der Waals surface area contributed by atoms with E-state index in [1.54, 1.807) is 6.08 Å². The number of carbonyl (C=O) groups excluding carboxylic acids is 1. The minimum absolute atomic E-state index is 0.202. The maximum absolute atomic E-state index is 12.7. The Morgan fingerprint density at radius 2 is 2.00 bits per heavy atom. The van der Waals surface area contributed by atoms with Gasteiger partial charge < -0.3 is 5.11 Å². The molecule has 0 bridgehead atoms. The van der Waals surface area contributed by atoms with Crippen LogP contribution in [0.3, 0.4) is 0 Å². The molecule has 84 valence electrons. The highest BCUT2D eigenvalue weighted by molar-refractivity contribution is 6.09. The minimum atomic E-state index is -0.675. The van der Waals surface area contributed by atoms with Crippen molar-refractivity contribution >= 4 is 5.78 Å². The molecule has 0 radical (unpaired) electrons. The van der Waals surface area contributed by atoms with E-state index < -0.39 is 6.10 Å². The van der Waals surface area contributed by atoms with Crippen molar-refractivity contribution in [1.82, 2.24) is 0 Å². The number of benzene rings is 1. The molecule has 1 atom stereocenters. The number of aliphatic hydroxyl groups is 1. The van der Waals surface area contributed by atoms with Gasteiger partial charge in [-0.15, -0.1) is 0 Å². The average molecular weight is 220 g/mol. The molecule has 1 aliphatic rings. The van der Waals surface area contributed by atoms with E-state index in [0.717, 1.165) is 12.8 Å². The summed E-state index contributed by atoms with van der Waals surface area (Å²) in [4.78, 5) is 12.0. The average Bonchev–Trinajstić information content (AvgIpc) is 2.30. The standard InChI is InChI=1S/C13H13FO2/c14-10-7-5-9(6-8-10)13(16)11-3-1-2-4-12(11)15/h3,5-8,12,15H,1-2,4H2/t12-/m1/s1. The second kappa shape index (κ2) is 4.58. The highest BCUT2D eigenvalue weighted by Crippen LogP contribution is 2.22. The normalized spacial score (nSPS) is 20.4. The van der Waals surface area contributed by atoms with Crippen LogP contribution in [0.5, 0.6) is 0 Å². The quantitative estimate of drug-likeness (QED) is 0.777. The SMILES string of the molecule is O=C(C1=CCCC[C@H]1O)c1ccc(F)cc1. The molecule has 0 aliphatic heterocycles. The summed E-state index contributed by atoms with van der Waals surface area (Å²) >= 11 is 0. The van der Waals surface area contributed by atoms with E-state index in [9.17, 15) is 14.3 Å². The molecule has 0 unspecified atom stereocenters. The highest BCUT2D eigenvalue weighted by atomic mass is 19.1. The van der Waals surface area contributed by atoms with Crippen molar-refractivity contribution in [2.24, 2.45) is 0 Å². The monoisotopic (exact) mass is 220 g/mol. The molecular weight excluding hydrogens is 207 g/mol. The first-order valence-electron chi connectivity index (χ1n) is 5.37. The lowest BCUT2D eigenvalue weighted by Crippen LogP contribution is -2.20. The van der Waals surface area contributed by atoms with Gasteiger partial charge in [-0.25, -0.2) is 4.39 Å². The second-order valence-electron chi connectivity index (χ2n) is 3.94. The molecular formula is C13H13FO2. The van der Waals surface area contributed by atoms with E-state index in [0.29, 0.717) is 17.6 Å². The Kier molecular flexibility index (Phi) is 3.15. The van der Waals surface area contributed by atoms with Crippen molar-refractivity contribution in [3.8, 4) is 0 Å². The van der Waals surface area contributed by atoms with E-state index in [-0.39, 0.29) is 11.6 Å². The summed E-state index contributed by atoms with van der Waals surface area (Å²) in [5.74, 6) is -0.568. The van der Waals surface area contributed by atoms with Gasteiger partial charge in [0.2, 0.25) is 0 Å². The molecule has 1 aromatic carbocycles. The summed E-state index contributed by atoms with van der Waals surface area (Å²) in [6.45, 7) is 0. The van der Waals surface area contributed by atoms with E-state index in [1.807, 2.05) is 0 Å². The summed E-state index contributed by atoms with van der Waals surface area (Å²) < 4.78 is 12.7. The summed E-state index contributed by atoms with van der Waals surface area (Å²) in [6, 6.07) is 5.39. The number of rotatable bonds is 2. The third-order valence-corrected chi connectivity index (χ3v) is 2.77. The molecule has 0 heterocycles. The highest BCUT2D eigenvalue weighted by Gasteiger charge is 2.22. The molecule has 16 heavy (non-hydrogen) atoms. The molecule has 2 nitrogen and oxygen atoms in total. The number of Topliss-reactive ketones (excluding diaryl/α,β-unsaturated/α-hetero) is 1. The van der Waals surface area contributed by atoms with Crippen LogP contribution in [0.4, 0.5) is 4.39 Å². The molecule has 0 amide bonds. The molecule has 1 aromatic rings. The predicted octanol–water partition coefficient (Wildman–Crippen LogP) is 2.48. The van der Waals surface area contributed by atoms with Gasteiger partial charge in [0.1, 0.15) is 5.82 Å². The fraction of sp³-hybridized carbons (Fsp3) is 0.308. The summed E-state index contributed by atoms with van der Waals surface area (Å²) in [5, 5.41) is 9.69. The van der Waals surface area contributed by atoms with Crippen molar-refractivity contribution in [2.75, 3.05) is 0 Å². The van der Waals surface area contributed by atoms with Crippen molar-refractivity contribution in [3.63, 3.8) is 0 Å². The number of carbonyl (C=O) groups is 1. The first kappa shape index (κ1) is 11.0. The van der Waals surface area contributed by atoms with Crippen LogP contribution >= 0.6 is 0 Å². The Morgan fingerprint density at radius 1 is 1.31 bits per heavy atom. The predicted molar refractivity (Wildman–Crippen MR) is 58.7 cm³/mol. The first-order chi connectivity index (χ1) is 7.68. The van der Waals surface area contributed by atoms with Gasteiger partial charge in [0.05, 0.1) is 6.10 Å². The van der Waals surface area contributed by atoms with Crippen LogP contribution in [0, 0.1) is 5.82 Å². The van der Waals surface area contributed by atoms with Crippen LogP contribution < -0.4 is 0 Å². The van der Waals surface area contributed by atoms with Crippen molar-refractivity contribution in [2.45, 2.75) is 25.4 Å². The van der Waals surface area contributed by atoms with Gasteiger partial charge in [0, 0.05) is 11.1 Å². The van der Waals surface area contributed by atoms with Gasteiger partial charge in [-0.05, 0) is 43.5 Å². The molecule has 0 saturated carbocycles. The Hall–Kier alpha value is -1.48. The zero-order valence-corrected chi connectivity index (χ0v) is 8.82. The van der Waals surface area contributed by atoms with Crippen LogP contribution in [0.25, 0.3) is 0 Å².